The molecule has 2 rings (SSSR count). The van der Waals surface area contributed by atoms with Crippen molar-refractivity contribution in [2.45, 2.75) is 24.0 Å². The van der Waals surface area contributed by atoms with Gasteiger partial charge in [0.15, 0.2) is 0 Å². The first-order chi connectivity index (χ1) is 9.56. The average Bonchev–Trinajstić information content (AvgIpc) is 2.41. The van der Waals surface area contributed by atoms with Crippen molar-refractivity contribution in [3.05, 3.63) is 59.1 Å². The van der Waals surface area contributed by atoms with E-state index < -0.39 is 0 Å². The monoisotopic (exact) mass is 305 g/mol. The van der Waals surface area contributed by atoms with Crippen LogP contribution in [0.5, 0.6) is 0 Å². The van der Waals surface area contributed by atoms with Crippen molar-refractivity contribution in [3.63, 3.8) is 0 Å². The number of rotatable bonds is 4. The summed E-state index contributed by atoms with van der Waals surface area (Å²) in [5.41, 5.74) is 1.94. The minimum absolute atomic E-state index is 0.0273. The number of amides is 1. The molecular weight excluding hydrogens is 290 g/mol. The zero-order chi connectivity index (χ0) is 14.5. The lowest BCUT2D eigenvalue weighted by atomic mass is 10.2. The van der Waals surface area contributed by atoms with E-state index in [2.05, 4.69) is 5.32 Å². The highest BCUT2D eigenvalue weighted by Gasteiger charge is 2.15. The number of carbonyl (C=O) groups excluding carboxylic acids is 1. The second-order valence-electron chi connectivity index (χ2n) is 4.55. The number of hydrogen-bond acceptors (Lipinski definition) is 2. The van der Waals surface area contributed by atoms with Gasteiger partial charge in [-0.1, -0.05) is 35.9 Å². The van der Waals surface area contributed by atoms with E-state index in [1.165, 1.54) is 11.8 Å². The first kappa shape index (κ1) is 14.9. The first-order valence-electron chi connectivity index (χ1n) is 6.35. The van der Waals surface area contributed by atoms with Gasteiger partial charge < -0.3 is 5.32 Å². The lowest BCUT2D eigenvalue weighted by Gasteiger charge is -2.13. The fraction of sp³-hybridized carbons (Fsp3) is 0.188. The third kappa shape index (κ3) is 4.02. The van der Waals surface area contributed by atoms with Gasteiger partial charge in [-0.05, 0) is 43.7 Å². The lowest BCUT2D eigenvalue weighted by Crippen LogP contribution is -2.22. The topological polar surface area (TPSA) is 29.1 Å². The molecule has 0 fully saturated rings. The smallest absolute Gasteiger partial charge is 0.237 e. The van der Waals surface area contributed by atoms with Crippen LogP contribution >= 0.6 is 23.4 Å². The Hall–Kier alpha value is -1.45. The fourth-order valence-electron chi connectivity index (χ4n) is 1.75. The Morgan fingerprint density at radius 3 is 2.65 bits per heavy atom. The third-order valence-electron chi connectivity index (χ3n) is 2.80. The molecule has 2 nitrogen and oxygen atoms in total. The molecule has 1 atom stereocenters. The van der Waals surface area contributed by atoms with Crippen molar-refractivity contribution >= 4 is 35.0 Å². The maximum absolute atomic E-state index is 12.2. The van der Waals surface area contributed by atoms with Crippen LogP contribution in [0, 0.1) is 6.92 Å². The Kier molecular flexibility index (Phi) is 5.10. The summed E-state index contributed by atoms with van der Waals surface area (Å²) in [4.78, 5) is 13.1. The van der Waals surface area contributed by atoms with Gasteiger partial charge in [0.05, 0.1) is 10.3 Å². The number of benzene rings is 2. The van der Waals surface area contributed by atoms with Crippen molar-refractivity contribution in [2.24, 2.45) is 0 Å². The summed E-state index contributed by atoms with van der Waals surface area (Å²) in [6.45, 7) is 3.87. The summed E-state index contributed by atoms with van der Waals surface area (Å²) in [6.07, 6.45) is 0. The highest BCUT2D eigenvalue weighted by atomic mass is 35.5. The highest BCUT2D eigenvalue weighted by Crippen LogP contribution is 2.30. The molecule has 0 unspecified atom stereocenters. The molecule has 2 aromatic rings. The van der Waals surface area contributed by atoms with E-state index >= 15 is 0 Å². The molecule has 0 saturated heterocycles. The van der Waals surface area contributed by atoms with Gasteiger partial charge in [-0.3, -0.25) is 4.79 Å². The Morgan fingerprint density at radius 2 is 1.95 bits per heavy atom. The Morgan fingerprint density at radius 1 is 1.20 bits per heavy atom. The minimum Gasteiger partial charge on any atom is -0.325 e. The predicted molar refractivity (Wildman–Crippen MR) is 86.6 cm³/mol. The van der Waals surface area contributed by atoms with Crippen LogP contribution in [0.15, 0.2) is 53.4 Å². The number of nitrogens with one attached hydrogen (secondary N) is 1. The van der Waals surface area contributed by atoms with E-state index in [9.17, 15) is 4.79 Å². The van der Waals surface area contributed by atoms with Crippen molar-refractivity contribution in [1.29, 1.82) is 0 Å². The molecule has 0 heterocycles. The van der Waals surface area contributed by atoms with Crippen LogP contribution in [0.3, 0.4) is 0 Å². The Labute approximate surface area is 128 Å². The van der Waals surface area contributed by atoms with E-state index in [4.69, 9.17) is 11.6 Å². The van der Waals surface area contributed by atoms with Crippen LogP contribution in [0.1, 0.15) is 12.5 Å². The molecule has 1 amide bonds. The van der Waals surface area contributed by atoms with Crippen LogP contribution in [-0.4, -0.2) is 11.2 Å². The molecule has 0 aliphatic carbocycles. The normalized spacial score (nSPS) is 11.9. The van der Waals surface area contributed by atoms with Gasteiger partial charge in [0, 0.05) is 10.6 Å². The second kappa shape index (κ2) is 6.82. The van der Waals surface area contributed by atoms with Crippen molar-refractivity contribution in [3.8, 4) is 0 Å². The van der Waals surface area contributed by atoms with E-state index in [-0.39, 0.29) is 11.2 Å². The van der Waals surface area contributed by atoms with Crippen LogP contribution in [0.25, 0.3) is 0 Å². The lowest BCUT2D eigenvalue weighted by molar-refractivity contribution is -0.115. The molecule has 1 N–H and O–H groups in total. The standard InChI is InChI=1S/C16H16ClNOS/c1-11-6-5-7-13(10-11)18-16(19)12(2)20-15-9-4-3-8-14(15)17/h3-10,12H,1-2H3,(H,18,19)/t12-/m1/s1. The maximum Gasteiger partial charge on any atom is 0.237 e. The highest BCUT2D eigenvalue weighted by molar-refractivity contribution is 8.00. The van der Waals surface area contributed by atoms with Crippen LogP contribution in [-0.2, 0) is 4.79 Å². The summed E-state index contributed by atoms with van der Waals surface area (Å²) in [5, 5.41) is 3.38. The predicted octanol–water partition coefficient (Wildman–Crippen LogP) is 4.77. The summed E-state index contributed by atoms with van der Waals surface area (Å²) in [5.74, 6) is -0.0273. The average molecular weight is 306 g/mol. The van der Waals surface area contributed by atoms with E-state index in [1.54, 1.807) is 0 Å². The maximum atomic E-state index is 12.2. The summed E-state index contributed by atoms with van der Waals surface area (Å²) < 4.78 is 0. The number of anilines is 1. The Balaban J connectivity index is 2.01. The van der Waals surface area contributed by atoms with Gasteiger partial charge >= 0.3 is 0 Å². The van der Waals surface area contributed by atoms with Crippen LogP contribution in [0.2, 0.25) is 5.02 Å². The van der Waals surface area contributed by atoms with Crippen molar-refractivity contribution in [2.75, 3.05) is 5.32 Å². The number of hydrogen-bond donors (Lipinski definition) is 1. The van der Waals surface area contributed by atoms with Gasteiger partial charge in [-0.2, -0.15) is 0 Å². The Bertz CT molecular complexity index is 615. The van der Waals surface area contributed by atoms with Crippen molar-refractivity contribution in [1.82, 2.24) is 0 Å². The molecule has 2 aromatic carbocycles. The van der Waals surface area contributed by atoms with Crippen molar-refractivity contribution < 1.29 is 4.79 Å². The number of aryl methyl sites for hydroxylation is 1. The first-order valence-corrected chi connectivity index (χ1v) is 7.61. The number of thioether (sulfide) groups is 1. The summed E-state index contributed by atoms with van der Waals surface area (Å²) in [6, 6.07) is 15.3. The van der Waals surface area contributed by atoms with Crippen LogP contribution in [0.4, 0.5) is 5.69 Å². The number of halogens is 1. The molecular formula is C16H16ClNOS. The zero-order valence-electron chi connectivity index (χ0n) is 11.4. The summed E-state index contributed by atoms with van der Waals surface area (Å²) in [7, 11) is 0. The molecule has 0 aliphatic heterocycles. The van der Waals surface area contributed by atoms with E-state index in [0.29, 0.717) is 5.02 Å². The van der Waals surface area contributed by atoms with E-state index in [0.717, 1.165) is 16.1 Å². The van der Waals surface area contributed by atoms with Crippen LogP contribution < -0.4 is 5.32 Å². The molecule has 0 saturated carbocycles. The second-order valence-corrected chi connectivity index (χ2v) is 6.34. The third-order valence-corrected chi connectivity index (χ3v) is 4.41. The molecule has 0 bridgehead atoms. The molecule has 104 valence electrons. The quantitative estimate of drug-likeness (QED) is 0.825. The van der Waals surface area contributed by atoms with Gasteiger partial charge in [0.2, 0.25) is 5.91 Å². The SMILES string of the molecule is Cc1cccc(NC(=O)[C@@H](C)Sc2ccccc2Cl)c1. The minimum atomic E-state index is -0.213. The number of carbonyl (C=O) groups is 1. The molecule has 0 radical (unpaired) electrons. The van der Waals surface area contributed by atoms with Gasteiger partial charge in [0.25, 0.3) is 0 Å². The van der Waals surface area contributed by atoms with Gasteiger partial charge in [-0.25, -0.2) is 0 Å². The van der Waals surface area contributed by atoms with E-state index in [1.807, 2.05) is 62.4 Å². The fourth-order valence-corrected chi connectivity index (χ4v) is 2.90. The van der Waals surface area contributed by atoms with Gasteiger partial charge in [0.1, 0.15) is 0 Å². The molecule has 0 spiro atoms. The molecule has 0 aliphatic rings. The summed E-state index contributed by atoms with van der Waals surface area (Å²) >= 11 is 7.56. The molecule has 0 aromatic heterocycles. The zero-order valence-corrected chi connectivity index (χ0v) is 13.0. The molecule has 20 heavy (non-hydrogen) atoms. The molecule has 4 heteroatoms. The largest absolute Gasteiger partial charge is 0.325 e. The van der Waals surface area contributed by atoms with Gasteiger partial charge in [-0.15, -0.1) is 11.8 Å².